The van der Waals surface area contributed by atoms with Gasteiger partial charge >= 0.3 is 0 Å². The fraction of sp³-hybridized carbons (Fsp3) is 0.533. The van der Waals surface area contributed by atoms with Gasteiger partial charge in [0.1, 0.15) is 13.2 Å². The summed E-state index contributed by atoms with van der Waals surface area (Å²) in [4.78, 5) is 12.1. The van der Waals surface area contributed by atoms with Crippen molar-refractivity contribution in [2.45, 2.75) is 25.3 Å². The molecule has 2 aliphatic rings. The lowest BCUT2D eigenvalue weighted by atomic mass is 10.1. The topological polar surface area (TPSA) is 59.6 Å². The molecule has 0 radical (unpaired) electrons. The highest BCUT2D eigenvalue weighted by Crippen LogP contribution is 2.30. The molecule has 0 bridgehead atoms. The minimum Gasteiger partial charge on any atom is -0.486 e. The van der Waals surface area contributed by atoms with Crippen LogP contribution in [0, 0.1) is 0 Å². The number of benzene rings is 1. The molecule has 0 spiro atoms. The molecule has 2 heterocycles. The first-order chi connectivity index (χ1) is 9.83. The predicted molar refractivity (Wildman–Crippen MR) is 75.4 cm³/mol. The third-order valence-corrected chi connectivity index (χ3v) is 3.75. The number of ether oxygens (including phenoxy) is 2. The van der Waals surface area contributed by atoms with E-state index in [4.69, 9.17) is 9.47 Å². The van der Waals surface area contributed by atoms with Crippen molar-refractivity contribution >= 4 is 5.91 Å². The van der Waals surface area contributed by atoms with Crippen molar-refractivity contribution in [3.05, 3.63) is 23.8 Å². The summed E-state index contributed by atoms with van der Waals surface area (Å²) in [5.41, 5.74) is 0.619. The molecule has 2 aliphatic heterocycles. The van der Waals surface area contributed by atoms with Crippen LogP contribution in [0.3, 0.4) is 0 Å². The molecule has 1 saturated heterocycles. The standard InChI is InChI=1S/C15H20N2O3/c18-15(17-7-5-12-2-1-6-16-12)11-3-4-13-14(10-11)20-9-8-19-13/h3-4,10,12,16H,1-2,5-9H2,(H,17,18). The van der Waals surface area contributed by atoms with Crippen molar-refractivity contribution in [2.24, 2.45) is 0 Å². The summed E-state index contributed by atoms with van der Waals surface area (Å²) in [5, 5.41) is 6.38. The van der Waals surface area contributed by atoms with Gasteiger partial charge in [-0.15, -0.1) is 0 Å². The van der Waals surface area contributed by atoms with Crippen molar-refractivity contribution in [3.8, 4) is 11.5 Å². The molecule has 1 amide bonds. The Bertz CT molecular complexity index is 484. The van der Waals surface area contributed by atoms with Crippen molar-refractivity contribution in [1.29, 1.82) is 0 Å². The molecule has 1 aromatic carbocycles. The van der Waals surface area contributed by atoms with Gasteiger partial charge in [0.25, 0.3) is 5.91 Å². The Balaban J connectivity index is 1.53. The Kier molecular flexibility index (Phi) is 4.06. The smallest absolute Gasteiger partial charge is 0.251 e. The maximum atomic E-state index is 12.1. The molecule has 1 atom stereocenters. The van der Waals surface area contributed by atoms with Crippen LogP contribution in [-0.4, -0.2) is 38.3 Å². The second kappa shape index (κ2) is 6.13. The zero-order valence-electron chi connectivity index (χ0n) is 11.5. The molecular formula is C15H20N2O3. The molecule has 0 aromatic heterocycles. The van der Waals surface area contributed by atoms with Crippen LogP contribution in [-0.2, 0) is 0 Å². The fourth-order valence-electron chi connectivity index (χ4n) is 2.65. The van der Waals surface area contributed by atoms with Gasteiger partial charge in [-0.25, -0.2) is 0 Å². The molecule has 2 N–H and O–H groups in total. The molecule has 0 saturated carbocycles. The third-order valence-electron chi connectivity index (χ3n) is 3.75. The zero-order chi connectivity index (χ0) is 13.8. The van der Waals surface area contributed by atoms with Crippen molar-refractivity contribution in [3.63, 3.8) is 0 Å². The van der Waals surface area contributed by atoms with E-state index in [1.54, 1.807) is 18.2 Å². The minimum absolute atomic E-state index is 0.0556. The van der Waals surface area contributed by atoms with E-state index in [1.807, 2.05) is 0 Å². The number of fused-ring (bicyclic) bond motifs is 1. The number of nitrogens with one attached hydrogen (secondary N) is 2. The average Bonchev–Trinajstić information content (AvgIpc) is 3.00. The number of hydrogen-bond acceptors (Lipinski definition) is 4. The summed E-state index contributed by atoms with van der Waals surface area (Å²) >= 11 is 0. The Hall–Kier alpha value is -1.75. The van der Waals surface area contributed by atoms with E-state index in [1.165, 1.54) is 12.8 Å². The van der Waals surface area contributed by atoms with Gasteiger partial charge in [-0.05, 0) is 44.0 Å². The SMILES string of the molecule is O=C(NCCC1CCCN1)c1ccc2c(c1)OCCO2. The largest absolute Gasteiger partial charge is 0.486 e. The van der Waals surface area contributed by atoms with Crippen molar-refractivity contribution in [1.82, 2.24) is 10.6 Å². The van der Waals surface area contributed by atoms with Gasteiger partial charge in [0.15, 0.2) is 11.5 Å². The van der Waals surface area contributed by atoms with Crippen LogP contribution >= 0.6 is 0 Å². The first-order valence-electron chi connectivity index (χ1n) is 7.24. The Morgan fingerprint density at radius 2 is 2.15 bits per heavy atom. The Morgan fingerprint density at radius 3 is 2.95 bits per heavy atom. The molecule has 108 valence electrons. The van der Waals surface area contributed by atoms with Crippen LogP contribution in [0.1, 0.15) is 29.6 Å². The molecule has 0 aliphatic carbocycles. The lowest BCUT2D eigenvalue weighted by Gasteiger charge is -2.18. The number of carbonyl (C=O) groups is 1. The van der Waals surface area contributed by atoms with Gasteiger partial charge in [-0.2, -0.15) is 0 Å². The van der Waals surface area contributed by atoms with Crippen molar-refractivity contribution < 1.29 is 14.3 Å². The third kappa shape index (κ3) is 3.04. The first kappa shape index (κ1) is 13.2. The summed E-state index contributed by atoms with van der Waals surface area (Å²) < 4.78 is 10.9. The molecule has 20 heavy (non-hydrogen) atoms. The maximum absolute atomic E-state index is 12.1. The number of carbonyl (C=O) groups excluding carboxylic acids is 1. The van der Waals surface area contributed by atoms with Gasteiger partial charge in [0.05, 0.1) is 0 Å². The Morgan fingerprint density at radius 1 is 1.30 bits per heavy atom. The highest BCUT2D eigenvalue weighted by molar-refractivity contribution is 5.94. The number of amides is 1. The van der Waals surface area contributed by atoms with Gasteiger partial charge < -0.3 is 20.1 Å². The number of rotatable bonds is 4. The second-order valence-corrected chi connectivity index (χ2v) is 5.20. The van der Waals surface area contributed by atoms with Gasteiger partial charge in [0.2, 0.25) is 0 Å². The molecule has 1 fully saturated rings. The van der Waals surface area contributed by atoms with Crippen LogP contribution in [0.5, 0.6) is 11.5 Å². The molecule has 5 nitrogen and oxygen atoms in total. The highest BCUT2D eigenvalue weighted by Gasteiger charge is 2.16. The highest BCUT2D eigenvalue weighted by atomic mass is 16.6. The molecule has 5 heteroatoms. The monoisotopic (exact) mass is 276 g/mol. The second-order valence-electron chi connectivity index (χ2n) is 5.20. The van der Waals surface area contributed by atoms with Crippen LogP contribution in [0.2, 0.25) is 0 Å². The molecular weight excluding hydrogens is 256 g/mol. The van der Waals surface area contributed by atoms with E-state index < -0.39 is 0 Å². The summed E-state index contributed by atoms with van der Waals surface area (Å²) in [6, 6.07) is 5.87. The average molecular weight is 276 g/mol. The van der Waals surface area contributed by atoms with Crippen LogP contribution in [0.15, 0.2) is 18.2 Å². The molecule has 1 aromatic rings. The lowest BCUT2D eigenvalue weighted by Crippen LogP contribution is -2.30. The van der Waals surface area contributed by atoms with E-state index in [2.05, 4.69) is 10.6 Å². The van der Waals surface area contributed by atoms with Gasteiger partial charge in [0, 0.05) is 18.2 Å². The quantitative estimate of drug-likeness (QED) is 0.871. The van der Waals surface area contributed by atoms with E-state index in [-0.39, 0.29) is 5.91 Å². The van der Waals surface area contributed by atoms with Gasteiger partial charge in [-0.1, -0.05) is 0 Å². The number of hydrogen-bond donors (Lipinski definition) is 2. The molecule has 3 rings (SSSR count). The zero-order valence-corrected chi connectivity index (χ0v) is 11.5. The van der Waals surface area contributed by atoms with E-state index >= 15 is 0 Å². The normalized spacial score (nSPS) is 20.7. The van der Waals surface area contributed by atoms with Gasteiger partial charge in [-0.3, -0.25) is 4.79 Å². The summed E-state index contributed by atoms with van der Waals surface area (Å²) in [5.74, 6) is 1.31. The van der Waals surface area contributed by atoms with Crippen LogP contribution in [0.25, 0.3) is 0 Å². The fourth-order valence-corrected chi connectivity index (χ4v) is 2.65. The predicted octanol–water partition coefficient (Wildman–Crippen LogP) is 1.33. The summed E-state index contributed by atoms with van der Waals surface area (Å²) in [6.45, 7) is 2.89. The van der Waals surface area contributed by atoms with E-state index in [9.17, 15) is 4.79 Å². The van der Waals surface area contributed by atoms with E-state index in [0.29, 0.717) is 42.9 Å². The maximum Gasteiger partial charge on any atom is 0.251 e. The Labute approximate surface area is 118 Å². The van der Waals surface area contributed by atoms with Crippen LogP contribution in [0.4, 0.5) is 0 Å². The van der Waals surface area contributed by atoms with Crippen LogP contribution < -0.4 is 20.1 Å². The first-order valence-corrected chi connectivity index (χ1v) is 7.24. The summed E-state index contributed by atoms with van der Waals surface area (Å²) in [7, 11) is 0. The molecule has 1 unspecified atom stereocenters. The van der Waals surface area contributed by atoms with Crippen molar-refractivity contribution in [2.75, 3.05) is 26.3 Å². The lowest BCUT2D eigenvalue weighted by molar-refractivity contribution is 0.0951. The summed E-state index contributed by atoms with van der Waals surface area (Å²) in [6.07, 6.45) is 3.43. The minimum atomic E-state index is -0.0556. The van der Waals surface area contributed by atoms with E-state index in [0.717, 1.165) is 13.0 Å².